The van der Waals surface area contributed by atoms with E-state index in [2.05, 4.69) is 107 Å². The highest BCUT2D eigenvalue weighted by Gasteiger charge is 2.40. The Morgan fingerprint density at radius 1 is 1.04 bits per heavy atom. The Bertz CT molecular complexity index is 547. The van der Waals surface area contributed by atoms with Gasteiger partial charge in [-0.05, 0) is 51.9 Å². The van der Waals surface area contributed by atoms with E-state index in [1.54, 1.807) is 0 Å². The largest absolute Gasteiger partial charge is 0.0800 e. The van der Waals surface area contributed by atoms with Crippen LogP contribution in [0.25, 0.3) is 0 Å². The van der Waals surface area contributed by atoms with Gasteiger partial charge in [0.1, 0.15) is 0 Å². The Balaban J connectivity index is 2.85. The lowest BCUT2D eigenvalue weighted by molar-refractivity contribution is 0.0643. The fourth-order valence-corrected chi connectivity index (χ4v) is 3.70. The summed E-state index contributed by atoms with van der Waals surface area (Å²) >= 11 is 0. The molecule has 0 saturated carbocycles. The first-order valence-electron chi connectivity index (χ1n) is 10.7. The molecule has 0 nitrogen and oxygen atoms in total. The second kappa shape index (κ2) is 8.07. The lowest BCUT2D eigenvalue weighted by atomic mass is 9.59. The van der Waals surface area contributed by atoms with Crippen LogP contribution in [0.15, 0.2) is 36.0 Å². The average Bonchev–Trinajstić information content (AvgIpc) is 2.52. The van der Waals surface area contributed by atoms with Crippen LogP contribution in [0.1, 0.15) is 95.4 Å². The first-order chi connectivity index (χ1) is 11.6. The molecule has 0 bridgehead atoms. The lowest BCUT2D eigenvalue weighted by Crippen LogP contribution is -2.37. The molecule has 0 aromatic rings. The molecule has 26 heavy (non-hydrogen) atoms. The molecule has 1 aliphatic rings. The highest BCUT2D eigenvalue weighted by Crippen LogP contribution is 2.49. The van der Waals surface area contributed by atoms with Crippen molar-refractivity contribution in [2.24, 2.45) is 33.5 Å². The van der Waals surface area contributed by atoms with Gasteiger partial charge in [0.25, 0.3) is 0 Å². The molecule has 0 aromatic heterocycles. The van der Waals surface area contributed by atoms with E-state index in [0.717, 1.165) is 0 Å². The summed E-state index contributed by atoms with van der Waals surface area (Å²) in [5.74, 6) is 1.37. The molecule has 0 heterocycles. The topological polar surface area (TPSA) is 0 Å². The second-order valence-corrected chi connectivity index (χ2v) is 11.5. The van der Waals surface area contributed by atoms with Gasteiger partial charge in [0.15, 0.2) is 0 Å². The van der Waals surface area contributed by atoms with Crippen molar-refractivity contribution in [1.82, 2.24) is 0 Å². The minimum atomic E-state index is 0.160. The molecule has 0 N–H and O–H groups in total. The summed E-state index contributed by atoms with van der Waals surface area (Å²) in [5, 5.41) is 0. The van der Waals surface area contributed by atoms with Crippen molar-refractivity contribution in [1.29, 1.82) is 0 Å². The summed E-state index contributed by atoms with van der Waals surface area (Å²) in [6, 6.07) is 0. The van der Waals surface area contributed by atoms with Crippen LogP contribution in [-0.2, 0) is 0 Å². The Labute approximate surface area is 165 Å². The second-order valence-electron chi connectivity index (χ2n) is 11.5. The molecular formula is C26H46. The summed E-state index contributed by atoms with van der Waals surface area (Å²) in [6.45, 7) is 26.3. The minimum Gasteiger partial charge on any atom is -0.0800 e. The third-order valence-electron chi connectivity index (χ3n) is 7.94. The highest BCUT2D eigenvalue weighted by atomic mass is 14.4. The van der Waals surface area contributed by atoms with E-state index in [1.165, 1.54) is 24.8 Å². The molecule has 0 saturated heterocycles. The quantitative estimate of drug-likeness (QED) is 0.407. The smallest absolute Gasteiger partial charge is 0.0120 e. The molecule has 1 aliphatic carbocycles. The number of hydrogen-bond acceptors (Lipinski definition) is 0. The van der Waals surface area contributed by atoms with Crippen LogP contribution >= 0.6 is 0 Å². The third kappa shape index (κ3) is 5.61. The van der Waals surface area contributed by atoms with Gasteiger partial charge >= 0.3 is 0 Å². The summed E-state index contributed by atoms with van der Waals surface area (Å²) in [5.41, 5.74) is 2.54. The Morgan fingerprint density at radius 3 is 2.04 bits per heavy atom. The summed E-state index contributed by atoms with van der Waals surface area (Å²) in [6.07, 6.45) is 15.6. The van der Waals surface area contributed by atoms with E-state index in [0.29, 0.717) is 22.7 Å². The van der Waals surface area contributed by atoms with E-state index in [4.69, 9.17) is 0 Å². The maximum atomic E-state index is 2.45. The number of rotatable bonds is 8. The monoisotopic (exact) mass is 358 g/mol. The van der Waals surface area contributed by atoms with Crippen molar-refractivity contribution in [2.45, 2.75) is 95.4 Å². The van der Waals surface area contributed by atoms with E-state index in [1.807, 2.05) is 0 Å². The third-order valence-corrected chi connectivity index (χ3v) is 7.94. The summed E-state index contributed by atoms with van der Waals surface area (Å²) in [4.78, 5) is 0. The molecule has 0 radical (unpaired) electrons. The Kier molecular flexibility index (Phi) is 7.22. The van der Waals surface area contributed by atoms with E-state index < -0.39 is 0 Å². The maximum absolute atomic E-state index is 2.45. The number of hydrogen-bond donors (Lipinski definition) is 0. The highest BCUT2D eigenvalue weighted by molar-refractivity contribution is 5.35. The predicted octanol–water partition coefficient (Wildman–Crippen LogP) is 8.61. The van der Waals surface area contributed by atoms with Gasteiger partial charge in [-0.25, -0.2) is 0 Å². The van der Waals surface area contributed by atoms with Gasteiger partial charge in [0, 0.05) is 0 Å². The fourth-order valence-electron chi connectivity index (χ4n) is 3.70. The first kappa shape index (κ1) is 23.3. The van der Waals surface area contributed by atoms with Crippen LogP contribution in [0.4, 0.5) is 0 Å². The molecule has 0 spiro atoms. The lowest BCUT2D eigenvalue weighted by Gasteiger charge is -2.46. The summed E-state index contributed by atoms with van der Waals surface area (Å²) < 4.78 is 0. The van der Waals surface area contributed by atoms with Crippen molar-refractivity contribution in [2.75, 3.05) is 0 Å². The van der Waals surface area contributed by atoms with Gasteiger partial charge in [-0.1, -0.05) is 113 Å². The molecule has 0 aromatic carbocycles. The van der Waals surface area contributed by atoms with Gasteiger partial charge in [-0.2, -0.15) is 0 Å². The zero-order chi connectivity index (χ0) is 20.4. The minimum absolute atomic E-state index is 0.160. The van der Waals surface area contributed by atoms with Crippen LogP contribution in [0.5, 0.6) is 0 Å². The molecule has 150 valence electrons. The standard InChI is InChI=1S/C26H46/c1-12-23(4,5)22-15-13-21(14-16-22)17-18-25(8,9)26(10,11)19-24(6,7)20(2)3/h13-15,17-18,20,22H,12,16,19H2,1-11H3. The normalized spacial score (nSPS) is 20.2. The molecule has 1 atom stereocenters. The zero-order valence-corrected chi connectivity index (χ0v) is 19.7. The van der Waals surface area contributed by atoms with Gasteiger partial charge in [-0.15, -0.1) is 0 Å². The van der Waals surface area contributed by atoms with Gasteiger partial charge in [-0.3, -0.25) is 0 Å². The molecule has 0 amide bonds. The molecule has 0 heteroatoms. The Morgan fingerprint density at radius 2 is 1.62 bits per heavy atom. The van der Waals surface area contributed by atoms with E-state index in [-0.39, 0.29) is 10.8 Å². The van der Waals surface area contributed by atoms with Crippen molar-refractivity contribution in [3.05, 3.63) is 36.0 Å². The zero-order valence-electron chi connectivity index (χ0n) is 19.7. The maximum Gasteiger partial charge on any atom is -0.0120 e. The van der Waals surface area contributed by atoms with Crippen LogP contribution < -0.4 is 0 Å². The van der Waals surface area contributed by atoms with E-state index in [9.17, 15) is 0 Å². The molecule has 1 rings (SSSR count). The van der Waals surface area contributed by atoms with Crippen molar-refractivity contribution in [3.8, 4) is 0 Å². The van der Waals surface area contributed by atoms with Crippen LogP contribution in [0.3, 0.4) is 0 Å². The van der Waals surface area contributed by atoms with Crippen molar-refractivity contribution < 1.29 is 0 Å². The van der Waals surface area contributed by atoms with Crippen LogP contribution in [0, 0.1) is 33.5 Å². The SMILES string of the molecule is CCC(C)(C)C1C=CC(C=CC(C)(C)C(C)(C)CC(C)(C)C(C)C)=CC1. The van der Waals surface area contributed by atoms with Crippen LogP contribution in [0.2, 0.25) is 0 Å². The summed E-state index contributed by atoms with van der Waals surface area (Å²) in [7, 11) is 0. The van der Waals surface area contributed by atoms with Gasteiger partial charge in [0.2, 0.25) is 0 Å². The predicted molar refractivity (Wildman–Crippen MR) is 119 cm³/mol. The van der Waals surface area contributed by atoms with E-state index >= 15 is 0 Å². The van der Waals surface area contributed by atoms with Crippen LogP contribution in [-0.4, -0.2) is 0 Å². The average molecular weight is 359 g/mol. The molecule has 1 unspecified atom stereocenters. The first-order valence-corrected chi connectivity index (χ1v) is 10.7. The molecule has 0 aliphatic heterocycles. The molecule has 0 fully saturated rings. The van der Waals surface area contributed by atoms with Gasteiger partial charge in [0.05, 0.1) is 0 Å². The van der Waals surface area contributed by atoms with Crippen molar-refractivity contribution >= 4 is 0 Å². The number of allylic oxidation sites excluding steroid dienone is 6. The van der Waals surface area contributed by atoms with Crippen molar-refractivity contribution in [3.63, 3.8) is 0 Å². The fraction of sp³-hybridized carbons (Fsp3) is 0.769. The molecular weight excluding hydrogens is 312 g/mol. The Hall–Kier alpha value is -0.780. The van der Waals surface area contributed by atoms with Gasteiger partial charge < -0.3 is 0 Å².